The predicted octanol–water partition coefficient (Wildman–Crippen LogP) is 5.70. The zero-order chi connectivity index (χ0) is 14.7. The van der Waals surface area contributed by atoms with Crippen molar-refractivity contribution in [3.63, 3.8) is 0 Å². The molecule has 106 valence electrons. The molecule has 2 aromatic carbocycles. The average molecular weight is 422 g/mol. The van der Waals surface area contributed by atoms with Gasteiger partial charge in [0.05, 0.1) is 10.5 Å². The number of rotatable bonds is 4. The quantitative estimate of drug-likeness (QED) is 0.667. The molecule has 1 atom stereocenters. The van der Waals surface area contributed by atoms with E-state index in [1.807, 2.05) is 31.2 Å². The second kappa shape index (κ2) is 7.03. The minimum atomic E-state index is -0.255. The highest BCUT2D eigenvalue weighted by atomic mass is 79.9. The third-order valence-electron chi connectivity index (χ3n) is 2.92. The molecular weight excluding hydrogens is 408 g/mol. The fraction of sp³-hybridized carbons (Fsp3) is 0.200. The van der Waals surface area contributed by atoms with Gasteiger partial charge in [0, 0.05) is 15.1 Å². The molecule has 0 aliphatic heterocycles. The van der Waals surface area contributed by atoms with E-state index >= 15 is 0 Å². The van der Waals surface area contributed by atoms with Crippen molar-refractivity contribution >= 4 is 43.5 Å². The highest BCUT2D eigenvalue weighted by Gasteiger charge is 2.19. The van der Waals surface area contributed by atoms with Crippen LogP contribution in [0.15, 0.2) is 45.3 Å². The van der Waals surface area contributed by atoms with Gasteiger partial charge in [0.25, 0.3) is 0 Å². The van der Waals surface area contributed by atoms with Crippen molar-refractivity contribution in [2.24, 2.45) is 0 Å². The maximum atomic E-state index is 14.3. The third kappa shape index (κ3) is 3.61. The Morgan fingerprint density at radius 3 is 2.65 bits per heavy atom. The van der Waals surface area contributed by atoms with E-state index in [2.05, 4.69) is 37.2 Å². The van der Waals surface area contributed by atoms with Gasteiger partial charge in [-0.15, -0.1) is 0 Å². The van der Waals surface area contributed by atoms with E-state index < -0.39 is 0 Å². The minimum absolute atomic E-state index is 0.243. The van der Waals surface area contributed by atoms with Gasteiger partial charge >= 0.3 is 0 Å². The van der Waals surface area contributed by atoms with Gasteiger partial charge in [0.1, 0.15) is 5.82 Å². The molecule has 0 aromatic heterocycles. The molecule has 0 spiro atoms. The van der Waals surface area contributed by atoms with E-state index in [1.54, 1.807) is 12.1 Å². The Morgan fingerprint density at radius 2 is 2.00 bits per heavy atom. The van der Waals surface area contributed by atoms with Gasteiger partial charge in [-0.2, -0.15) is 0 Å². The van der Waals surface area contributed by atoms with Crippen LogP contribution in [0.1, 0.15) is 24.1 Å². The molecule has 0 saturated heterocycles. The third-order valence-corrected chi connectivity index (χ3v) is 4.21. The highest BCUT2D eigenvalue weighted by Crippen LogP contribution is 2.31. The maximum absolute atomic E-state index is 14.3. The monoisotopic (exact) mass is 419 g/mol. The van der Waals surface area contributed by atoms with Crippen molar-refractivity contribution in [1.82, 2.24) is 5.32 Å². The molecule has 20 heavy (non-hydrogen) atoms. The summed E-state index contributed by atoms with van der Waals surface area (Å²) in [6.45, 7) is 2.71. The number of hydrogen-bond acceptors (Lipinski definition) is 1. The van der Waals surface area contributed by atoms with Crippen LogP contribution < -0.4 is 5.32 Å². The Bertz CT molecular complexity index is 599. The summed E-state index contributed by atoms with van der Waals surface area (Å²) in [7, 11) is 0. The first-order chi connectivity index (χ1) is 9.52. The summed E-state index contributed by atoms with van der Waals surface area (Å²) in [5.74, 6) is -0.255. The zero-order valence-corrected chi connectivity index (χ0v) is 14.7. The lowest BCUT2D eigenvalue weighted by Crippen LogP contribution is -2.23. The molecule has 0 amide bonds. The van der Waals surface area contributed by atoms with Crippen molar-refractivity contribution in [2.45, 2.75) is 13.0 Å². The van der Waals surface area contributed by atoms with E-state index in [-0.39, 0.29) is 11.9 Å². The molecule has 1 N–H and O–H groups in total. The molecule has 1 unspecified atom stereocenters. The van der Waals surface area contributed by atoms with E-state index in [1.165, 1.54) is 0 Å². The van der Waals surface area contributed by atoms with Crippen molar-refractivity contribution in [2.75, 3.05) is 6.54 Å². The van der Waals surface area contributed by atoms with E-state index in [0.717, 1.165) is 16.6 Å². The molecule has 5 heteroatoms. The van der Waals surface area contributed by atoms with Crippen molar-refractivity contribution in [3.8, 4) is 0 Å². The van der Waals surface area contributed by atoms with Crippen LogP contribution in [0.25, 0.3) is 0 Å². The molecule has 2 rings (SSSR count). The first-order valence-corrected chi connectivity index (χ1v) is 8.12. The lowest BCUT2D eigenvalue weighted by atomic mass is 9.98. The molecular formula is C15H13Br2ClFN. The Kier molecular flexibility index (Phi) is 5.61. The first kappa shape index (κ1) is 16.0. The number of hydrogen-bond donors (Lipinski definition) is 1. The molecule has 0 radical (unpaired) electrons. The van der Waals surface area contributed by atoms with Gasteiger partial charge in [-0.25, -0.2) is 4.39 Å². The van der Waals surface area contributed by atoms with Gasteiger partial charge in [-0.1, -0.05) is 46.6 Å². The van der Waals surface area contributed by atoms with Crippen LogP contribution >= 0.6 is 43.5 Å². The van der Waals surface area contributed by atoms with E-state index in [0.29, 0.717) is 15.1 Å². The minimum Gasteiger partial charge on any atom is -0.306 e. The molecule has 1 nitrogen and oxygen atoms in total. The van der Waals surface area contributed by atoms with E-state index in [9.17, 15) is 4.39 Å². The maximum Gasteiger partial charge on any atom is 0.142 e. The van der Waals surface area contributed by atoms with Crippen LogP contribution in [0, 0.1) is 5.82 Å². The fourth-order valence-electron chi connectivity index (χ4n) is 2.10. The Balaban J connectivity index is 2.53. The Labute approximate surface area is 139 Å². The molecule has 0 saturated carbocycles. The van der Waals surface area contributed by atoms with Gasteiger partial charge in [0.2, 0.25) is 0 Å². The summed E-state index contributed by atoms with van der Waals surface area (Å²) in [4.78, 5) is 0. The van der Waals surface area contributed by atoms with Crippen molar-refractivity contribution < 1.29 is 4.39 Å². The van der Waals surface area contributed by atoms with Crippen LogP contribution in [0.5, 0.6) is 0 Å². The lowest BCUT2D eigenvalue weighted by molar-refractivity contribution is 0.555. The highest BCUT2D eigenvalue weighted by molar-refractivity contribution is 9.10. The summed E-state index contributed by atoms with van der Waals surface area (Å²) in [5.41, 5.74) is 1.51. The summed E-state index contributed by atoms with van der Waals surface area (Å²) in [6, 6.07) is 10.7. The smallest absolute Gasteiger partial charge is 0.142 e. The zero-order valence-electron chi connectivity index (χ0n) is 10.8. The van der Waals surface area contributed by atoms with Gasteiger partial charge < -0.3 is 5.32 Å². The van der Waals surface area contributed by atoms with Crippen LogP contribution in [0.4, 0.5) is 4.39 Å². The van der Waals surface area contributed by atoms with Gasteiger partial charge in [-0.05, 0) is 52.3 Å². The first-order valence-electron chi connectivity index (χ1n) is 6.16. The number of halogens is 4. The summed E-state index contributed by atoms with van der Waals surface area (Å²) in [6.07, 6.45) is 0. The average Bonchev–Trinajstić information content (AvgIpc) is 2.38. The molecule has 0 aliphatic rings. The summed E-state index contributed by atoms with van der Waals surface area (Å²) < 4.78 is 15.7. The van der Waals surface area contributed by atoms with Crippen LogP contribution in [0.2, 0.25) is 5.02 Å². The summed E-state index contributed by atoms with van der Waals surface area (Å²) >= 11 is 12.7. The number of nitrogens with one attached hydrogen (secondary N) is 1. The Morgan fingerprint density at radius 1 is 1.25 bits per heavy atom. The SMILES string of the molecule is CCNC(c1cc(Cl)cc(Br)c1)c1cccc(Br)c1F. The van der Waals surface area contributed by atoms with E-state index in [4.69, 9.17) is 11.6 Å². The molecule has 0 fully saturated rings. The van der Waals surface area contributed by atoms with Gasteiger partial charge in [-0.3, -0.25) is 0 Å². The predicted molar refractivity (Wildman–Crippen MR) is 88.8 cm³/mol. The summed E-state index contributed by atoms with van der Waals surface area (Å²) in [5, 5.41) is 3.92. The largest absolute Gasteiger partial charge is 0.306 e. The molecule has 0 heterocycles. The van der Waals surface area contributed by atoms with Crippen LogP contribution in [0.3, 0.4) is 0 Å². The van der Waals surface area contributed by atoms with Crippen LogP contribution in [-0.2, 0) is 0 Å². The van der Waals surface area contributed by atoms with Crippen molar-refractivity contribution in [1.29, 1.82) is 0 Å². The van der Waals surface area contributed by atoms with Gasteiger partial charge in [0.15, 0.2) is 0 Å². The molecule has 2 aromatic rings. The standard InChI is InChI=1S/C15H13Br2ClFN/c1-2-20-15(9-6-10(16)8-11(18)7-9)12-4-3-5-13(17)14(12)19/h3-8,15,20H,2H2,1H3. The van der Waals surface area contributed by atoms with Crippen molar-refractivity contribution in [3.05, 3.63) is 67.3 Å². The molecule has 0 bridgehead atoms. The number of benzene rings is 2. The topological polar surface area (TPSA) is 12.0 Å². The fourth-order valence-corrected chi connectivity index (χ4v) is 3.36. The van der Waals surface area contributed by atoms with Crippen LogP contribution in [-0.4, -0.2) is 6.54 Å². The normalized spacial score (nSPS) is 12.4. The second-order valence-electron chi connectivity index (χ2n) is 4.34. The Hall–Kier alpha value is -0.420. The lowest BCUT2D eigenvalue weighted by Gasteiger charge is -2.20. The molecule has 0 aliphatic carbocycles. The second-order valence-corrected chi connectivity index (χ2v) is 6.54.